The predicted molar refractivity (Wildman–Crippen MR) is 88.8 cm³/mol. The summed E-state index contributed by atoms with van der Waals surface area (Å²) in [7, 11) is 0. The molecule has 0 spiro atoms. The highest BCUT2D eigenvalue weighted by atomic mass is 19.2. The maximum Gasteiger partial charge on any atom is 0.325 e. The van der Waals surface area contributed by atoms with Crippen molar-refractivity contribution >= 4 is 17.5 Å². The number of amides is 2. The number of hydrogen-bond donors (Lipinski definition) is 2. The zero-order valence-electron chi connectivity index (χ0n) is 13.0. The molecule has 26 heavy (non-hydrogen) atoms. The fourth-order valence-corrected chi connectivity index (χ4v) is 2.17. The van der Waals surface area contributed by atoms with Crippen LogP contribution in [-0.4, -0.2) is 15.6 Å². The second kappa shape index (κ2) is 7.09. The predicted octanol–water partition coefficient (Wildman–Crippen LogP) is 3.29. The van der Waals surface area contributed by atoms with E-state index in [0.717, 1.165) is 22.8 Å². The van der Waals surface area contributed by atoms with Crippen molar-refractivity contribution in [2.75, 3.05) is 10.6 Å². The molecule has 2 aromatic carbocycles. The molecule has 0 aliphatic rings. The number of carbonyl (C=O) groups is 1. The number of urea groups is 1. The van der Waals surface area contributed by atoms with Gasteiger partial charge in [-0.3, -0.25) is 14.7 Å². The molecule has 0 saturated heterocycles. The van der Waals surface area contributed by atoms with Crippen molar-refractivity contribution in [3.63, 3.8) is 0 Å². The summed E-state index contributed by atoms with van der Waals surface area (Å²) < 4.78 is 40.5. The molecule has 0 aliphatic heterocycles. The zero-order valence-corrected chi connectivity index (χ0v) is 13.0. The van der Waals surface area contributed by atoms with Gasteiger partial charge in [0.25, 0.3) is 5.56 Å². The summed E-state index contributed by atoms with van der Waals surface area (Å²) in [6.45, 7) is 0. The van der Waals surface area contributed by atoms with Crippen LogP contribution in [0.2, 0.25) is 0 Å². The first-order valence-corrected chi connectivity index (χ1v) is 7.31. The Labute approximate surface area is 144 Å². The highest BCUT2D eigenvalue weighted by molar-refractivity contribution is 5.99. The van der Waals surface area contributed by atoms with Gasteiger partial charge in [-0.15, -0.1) is 0 Å². The molecule has 0 atom stereocenters. The Balaban J connectivity index is 1.84. The molecule has 3 rings (SSSR count). The molecular formula is C17H11F3N4O2. The first-order valence-electron chi connectivity index (χ1n) is 7.31. The van der Waals surface area contributed by atoms with Gasteiger partial charge in [0.15, 0.2) is 11.6 Å². The van der Waals surface area contributed by atoms with Gasteiger partial charge in [-0.1, -0.05) is 6.07 Å². The lowest BCUT2D eigenvalue weighted by Crippen LogP contribution is -2.28. The van der Waals surface area contributed by atoms with Crippen molar-refractivity contribution in [2.45, 2.75) is 0 Å². The molecule has 132 valence electrons. The second-order valence-corrected chi connectivity index (χ2v) is 5.14. The van der Waals surface area contributed by atoms with Crippen molar-refractivity contribution in [1.29, 1.82) is 0 Å². The van der Waals surface area contributed by atoms with E-state index in [1.54, 1.807) is 0 Å². The van der Waals surface area contributed by atoms with Crippen molar-refractivity contribution < 1.29 is 18.0 Å². The Morgan fingerprint density at radius 2 is 1.81 bits per heavy atom. The van der Waals surface area contributed by atoms with Crippen LogP contribution in [0.5, 0.6) is 0 Å². The molecule has 1 aromatic heterocycles. The number of aromatic nitrogens is 2. The number of carbonyl (C=O) groups excluding carboxylic acids is 1. The van der Waals surface area contributed by atoms with E-state index < -0.39 is 29.0 Å². The van der Waals surface area contributed by atoms with Gasteiger partial charge < -0.3 is 5.32 Å². The van der Waals surface area contributed by atoms with Gasteiger partial charge in [0.2, 0.25) is 5.82 Å². The summed E-state index contributed by atoms with van der Waals surface area (Å²) in [6.07, 6.45) is 2.45. The summed E-state index contributed by atoms with van der Waals surface area (Å²) in [6, 6.07) is 7.27. The smallest absolute Gasteiger partial charge is 0.308 e. The van der Waals surface area contributed by atoms with E-state index in [4.69, 9.17) is 0 Å². The van der Waals surface area contributed by atoms with E-state index in [0.29, 0.717) is 0 Å². The summed E-state index contributed by atoms with van der Waals surface area (Å²) in [5.74, 6) is -3.05. The molecule has 3 aromatic rings. The third kappa shape index (κ3) is 3.72. The fraction of sp³-hybridized carbons (Fsp3) is 0. The number of rotatable bonds is 3. The first kappa shape index (κ1) is 17.2. The van der Waals surface area contributed by atoms with E-state index in [-0.39, 0.29) is 17.2 Å². The minimum atomic E-state index is -1.12. The quantitative estimate of drug-likeness (QED) is 0.753. The molecule has 0 saturated carbocycles. The minimum absolute atomic E-state index is 0.0601. The van der Waals surface area contributed by atoms with E-state index in [1.165, 1.54) is 36.7 Å². The highest BCUT2D eigenvalue weighted by Crippen LogP contribution is 2.12. The van der Waals surface area contributed by atoms with Gasteiger partial charge >= 0.3 is 6.03 Å². The topological polar surface area (TPSA) is 76.0 Å². The monoisotopic (exact) mass is 360 g/mol. The van der Waals surface area contributed by atoms with Gasteiger partial charge in [0.1, 0.15) is 5.82 Å². The zero-order chi connectivity index (χ0) is 18.7. The van der Waals surface area contributed by atoms with E-state index in [2.05, 4.69) is 15.6 Å². The Morgan fingerprint density at radius 3 is 2.54 bits per heavy atom. The first-order chi connectivity index (χ1) is 12.4. The maximum atomic E-state index is 13.4. The van der Waals surface area contributed by atoms with Crippen LogP contribution in [0.15, 0.2) is 59.7 Å². The number of nitrogens with one attached hydrogen (secondary N) is 2. The maximum absolute atomic E-state index is 13.4. The van der Waals surface area contributed by atoms with Gasteiger partial charge in [0.05, 0.1) is 5.69 Å². The molecular weight excluding hydrogens is 349 g/mol. The van der Waals surface area contributed by atoms with Crippen LogP contribution in [0.3, 0.4) is 0 Å². The van der Waals surface area contributed by atoms with Gasteiger partial charge in [-0.25, -0.2) is 22.9 Å². The van der Waals surface area contributed by atoms with E-state index in [1.807, 2.05) is 0 Å². The Bertz CT molecular complexity index is 1040. The Kier molecular flexibility index (Phi) is 4.70. The molecule has 0 fully saturated rings. The number of anilines is 2. The Hall–Kier alpha value is -3.62. The Morgan fingerprint density at radius 1 is 1.00 bits per heavy atom. The molecule has 9 heteroatoms. The summed E-state index contributed by atoms with van der Waals surface area (Å²) >= 11 is 0. The molecule has 0 radical (unpaired) electrons. The van der Waals surface area contributed by atoms with Gasteiger partial charge in [0, 0.05) is 24.1 Å². The summed E-state index contributed by atoms with van der Waals surface area (Å²) in [4.78, 5) is 28.1. The van der Waals surface area contributed by atoms with Crippen molar-refractivity contribution in [3.05, 3.63) is 82.7 Å². The molecule has 2 N–H and O–H groups in total. The van der Waals surface area contributed by atoms with Crippen LogP contribution in [0, 0.1) is 17.5 Å². The molecule has 6 nitrogen and oxygen atoms in total. The third-order valence-electron chi connectivity index (χ3n) is 3.34. The number of nitrogens with zero attached hydrogens (tertiary/aromatic N) is 2. The third-order valence-corrected chi connectivity index (χ3v) is 3.34. The standard InChI is InChI=1S/C17H11F3N4O2/c18-10-2-1-3-11(8-10)22-17(26)23-15-16(25)24(7-6-21-15)12-4-5-13(19)14(20)9-12/h1-9H,(H2,21,22,23,26). The molecule has 1 heterocycles. The van der Waals surface area contributed by atoms with Crippen LogP contribution >= 0.6 is 0 Å². The van der Waals surface area contributed by atoms with Crippen molar-refractivity contribution in [3.8, 4) is 5.69 Å². The van der Waals surface area contributed by atoms with Crippen LogP contribution in [0.25, 0.3) is 5.69 Å². The van der Waals surface area contributed by atoms with Crippen LogP contribution in [0.4, 0.5) is 29.5 Å². The molecule has 0 bridgehead atoms. The van der Waals surface area contributed by atoms with Crippen LogP contribution in [-0.2, 0) is 0 Å². The van der Waals surface area contributed by atoms with Crippen molar-refractivity contribution in [2.24, 2.45) is 0 Å². The van der Waals surface area contributed by atoms with Crippen LogP contribution in [0.1, 0.15) is 0 Å². The summed E-state index contributed by atoms with van der Waals surface area (Å²) in [5.41, 5.74) is -0.517. The highest BCUT2D eigenvalue weighted by Gasteiger charge is 2.12. The lowest BCUT2D eigenvalue weighted by atomic mass is 10.3. The molecule has 0 aliphatic carbocycles. The lowest BCUT2D eigenvalue weighted by molar-refractivity contribution is 0.262. The van der Waals surface area contributed by atoms with E-state index >= 15 is 0 Å². The lowest BCUT2D eigenvalue weighted by Gasteiger charge is -2.10. The minimum Gasteiger partial charge on any atom is -0.308 e. The van der Waals surface area contributed by atoms with Crippen molar-refractivity contribution in [1.82, 2.24) is 9.55 Å². The normalized spacial score (nSPS) is 10.4. The average Bonchev–Trinajstić information content (AvgIpc) is 2.59. The number of benzene rings is 2. The molecule has 2 amide bonds. The molecule has 0 unspecified atom stereocenters. The van der Waals surface area contributed by atoms with Gasteiger partial charge in [-0.2, -0.15) is 0 Å². The second-order valence-electron chi connectivity index (χ2n) is 5.14. The summed E-state index contributed by atoms with van der Waals surface area (Å²) in [5, 5.41) is 4.58. The average molecular weight is 360 g/mol. The SMILES string of the molecule is O=C(Nc1cccc(F)c1)Nc1nccn(-c2ccc(F)c(F)c2)c1=O. The fourth-order valence-electron chi connectivity index (χ4n) is 2.17. The largest absolute Gasteiger partial charge is 0.325 e. The number of halogens is 3. The van der Waals surface area contributed by atoms with Gasteiger partial charge in [-0.05, 0) is 30.3 Å². The van der Waals surface area contributed by atoms with Crippen LogP contribution < -0.4 is 16.2 Å². The number of hydrogen-bond acceptors (Lipinski definition) is 3. The van der Waals surface area contributed by atoms with E-state index in [9.17, 15) is 22.8 Å².